The van der Waals surface area contributed by atoms with E-state index >= 15 is 0 Å². The topological polar surface area (TPSA) is 71.3 Å². The summed E-state index contributed by atoms with van der Waals surface area (Å²) in [7, 11) is 1.57. The van der Waals surface area contributed by atoms with E-state index in [1.807, 2.05) is 6.92 Å². The third-order valence-corrected chi connectivity index (χ3v) is 2.59. The Bertz CT molecular complexity index is 440. The van der Waals surface area contributed by atoms with Crippen molar-refractivity contribution in [1.82, 2.24) is 9.88 Å². The van der Waals surface area contributed by atoms with Crippen LogP contribution in [-0.4, -0.2) is 28.2 Å². The molecule has 0 aliphatic carbocycles. The lowest BCUT2D eigenvalue weighted by molar-refractivity contribution is 0.0927. The van der Waals surface area contributed by atoms with E-state index in [2.05, 4.69) is 5.32 Å². The number of nitrogens with one attached hydrogen (secondary N) is 1. The largest absolute Gasteiger partial charge is 0.396 e. The van der Waals surface area contributed by atoms with Crippen LogP contribution in [0.25, 0.3) is 0 Å². The minimum absolute atomic E-state index is 0.0232. The summed E-state index contributed by atoms with van der Waals surface area (Å²) in [6.07, 6.45) is 1.36. The molecule has 2 N–H and O–H groups in total. The molecule has 0 bridgehead atoms. The quantitative estimate of drug-likeness (QED) is 0.773. The Morgan fingerprint density at radius 3 is 2.88 bits per heavy atom. The smallest absolute Gasteiger partial charge is 0.268 e. The van der Waals surface area contributed by atoms with Gasteiger partial charge in [0, 0.05) is 25.8 Å². The fraction of sp³-hybridized carbons (Fsp3) is 0.500. The molecule has 17 heavy (non-hydrogen) atoms. The van der Waals surface area contributed by atoms with Crippen molar-refractivity contribution in [2.75, 3.05) is 6.61 Å². The van der Waals surface area contributed by atoms with E-state index in [1.54, 1.807) is 19.2 Å². The van der Waals surface area contributed by atoms with Gasteiger partial charge >= 0.3 is 0 Å². The van der Waals surface area contributed by atoms with Gasteiger partial charge in [-0.05, 0) is 25.8 Å². The molecule has 1 aromatic heterocycles. The van der Waals surface area contributed by atoms with Crippen molar-refractivity contribution in [2.24, 2.45) is 7.05 Å². The van der Waals surface area contributed by atoms with Crippen LogP contribution in [0.15, 0.2) is 23.0 Å². The van der Waals surface area contributed by atoms with Crippen LogP contribution in [0.2, 0.25) is 0 Å². The molecule has 0 spiro atoms. The van der Waals surface area contributed by atoms with Crippen LogP contribution in [0, 0.1) is 0 Å². The molecular formula is C12H18N2O3. The van der Waals surface area contributed by atoms with Crippen LogP contribution in [0.4, 0.5) is 0 Å². The molecule has 5 nitrogen and oxygen atoms in total. The fourth-order valence-corrected chi connectivity index (χ4v) is 1.56. The minimum atomic E-state index is -0.268. The highest BCUT2D eigenvalue weighted by atomic mass is 16.3. The average molecular weight is 238 g/mol. The van der Waals surface area contributed by atoms with Gasteiger partial charge in [-0.3, -0.25) is 9.59 Å². The predicted molar refractivity (Wildman–Crippen MR) is 64.9 cm³/mol. The van der Waals surface area contributed by atoms with Crippen molar-refractivity contribution < 1.29 is 9.90 Å². The fourth-order valence-electron chi connectivity index (χ4n) is 1.56. The number of carbonyl (C=O) groups excluding carboxylic acids is 1. The monoisotopic (exact) mass is 238 g/mol. The van der Waals surface area contributed by atoms with E-state index in [-0.39, 0.29) is 24.1 Å². The number of pyridine rings is 1. The Morgan fingerprint density at radius 1 is 1.53 bits per heavy atom. The third kappa shape index (κ3) is 3.71. The van der Waals surface area contributed by atoms with Gasteiger partial charge in [0.1, 0.15) is 5.69 Å². The van der Waals surface area contributed by atoms with Gasteiger partial charge in [0.15, 0.2) is 0 Å². The van der Waals surface area contributed by atoms with Crippen LogP contribution >= 0.6 is 0 Å². The summed E-state index contributed by atoms with van der Waals surface area (Å²) < 4.78 is 1.31. The summed E-state index contributed by atoms with van der Waals surface area (Å²) in [5.74, 6) is -0.268. The maximum Gasteiger partial charge on any atom is 0.268 e. The Kier molecular flexibility index (Phi) is 4.90. The molecule has 0 aromatic carbocycles. The zero-order valence-corrected chi connectivity index (χ0v) is 10.1. The maximum absolute atomic E-state index is 11.9. The van der Waals surface area contributed by atoms with Gasteiger partial charge in [-0.15, -0.1) is 0 Å². The van der Waals surface area contributed by atoms with Gasteiger partial charge in [-0.25, -0.2) is 0 Å². The second kappa shape index (κ2) is 6.20. The van der Waals surface area contributed by atoms with Crippen molar-refractivity contribution in [3.05, 3.63) is 34.2 Å². The van der Waals surface area contributed by atoms with E-state index in [0.717, 1.165) is 0 Å². The molecule has 0 saturated carbocycles. The Morgan fingerprint density at radius 2 is 2.24 bits per heavy atom. The van der Waals surface area contributed by atoms with Crippen LogP contribution in [0.5, 0.6) is 0 Å². The molecule has 1 atom stereocenters. The summed E-state index contributed by atoms with van der Waals surface area (Å²) in [6, 6.07) is 4.56. The SMILES string of the molecule is CC(CCCO)NC(=O)c1cccc(=O)n1C. The highest BCUT2D eigenvalue weighted by Gasteiger charge is 2.12. The lowest BCUT2D eigenvalue weighted by atomic mass is 10.2. The summed E-state index contributed by atoms with van der Waals surface area (Å²) in [5.41, 5.74) is 0.133. The third-order valence-electron chi connectivity index (χ3n) is 2.59. The highest BCUT2D eigenvalue weighted by molar-refractivity contribution is 5.92. The number of carbonyl (C=O) groups is 1. The average Bonchev–Trinajstić information content (AvgIpc) is 2.29. The predicted octanol–water partition coefficient (Wildman–Crippen LogP) is 0.276. The minimum Gasteiger partial charge on any atom is -0.396 e. The second-order valence-corrected chi connectivity index (χ2v) is 4.05. The lowest BCUT2D eigenvalue weighted by Crippen LogP contribution is -2.36. The first-order valence-electron chi connectivity index (χ1n) is 5.64. The Labute approximate surface area is 100 Å². The molecule has 0 aliphatic heterocycles. The summed E-state index contributed by atoms with van der Waals surface area (Å²) >= 11 is 0. The highest BCUT2D eigenvalue weighted by Crippen LogP contribution is 1.99. The second-order valence-electron chi connectivity index (χ2n) is 4.05. The standard InChI is InChI=1S/C12H18N2O3/c1-9(5-4-8-15)13-12(17)10-6-3-7-11(16)14(10)2/h3,6-7,9,15H,4-5,8H2,1-2H3,(H,13,17). The number of aliphatic hydroxyl groups is 1. The van der Waals surface area contributed by atoms with E-state index in [0.29, 0.717) is 18.5 Å². The molecule has 1 amide bonds. The first-order valence-corrected chi connectivity index (χ1v) is 5.64. The molecule has 0 saturated heterocycles. The molecule has 0 fully saturated rings. The Hall–Kier alpha value is -1.62. The molecule has 0 radical (unpaired) electrons. The maximum atomic E-state index is 11.9. The van der Waals surface area contributed by atoms with Crippen molar-refractivity contribution in [3.63, 3.8) is 0 Å². The van der Waals surface area contributed by atoms with Crippen molar-refractivity contribution in [2.45, 2.75) is 25.8 Å². The van der Waals surface area contributed by atoms with Crippen molar-refractivity contribution in [1.29, 1.82) is 0 Å². The number of hydrogen-bond acceptors (Lipinski definition) is 3. The zero-order chi connectivity index (χ0) is 12.8. The van der Waals surface area contributed by atoms with Crippen molar-refractivity contribution >= 4 is 5.91 Å². The first-order chi connectivity index (χ1) is 8.06. The van der Waals surface area contributed by atoms with Crippen LogP contribution in [-0.2, 0) is 7.05 Å². The number of amides is 1. The number of hydrogen-bond donors (Lipinski definition) is 2. The van der Waals surface area contributed by atoms with Crippen LogP contribution < -0.4 is 10.9 Å². The number of aromatic nitrogens is 1. The van der Waals surface area contributed by atoms with Gasteiger partial charge in [0.2, 0.25) is 0 Å². The molecule has 5 heteroatoms. The van der Waals surface area contributed by atoms with Gasteiger partial charge in [0.25, 0.3) is 11.5 Å². The van der Waals surface area contributed by atoms with Gasteiger partial charge < -0.3 is 15.0 Å². The van der Waals surface area contributed by atoms with E-state index in [4.69, 9.17) is 5.11 Å². The molecule has 1 aromatic rings. The zero-order valence-electron chi connectivity index (χ0n) is 10.1. The molecule has 94 valence electrons. The summed E-state index contributed by atoms with van der Waals surface area (Å²) in [6.45, 7) is 1.98. The first kappa shape index (κ1) is 13.4. The number of rotatable bonds is 5. The summed E-state index contributed by atoms with van der Waals surface area (Å²) in [5, 5.41) is 11.5. The normalized spacial score (nSPS) is 12.2. The molecule has 0 aliphatic rings. The number of aliphatic hydroxyl groups excluding tert-OH is 1. The van der Waals surface area contributed by atoms with E-state index < -0.39 is 0 Å². The molecule has 1 rings (SSSR count). The van der Waals surface area contributed by atoms with Gasteiger partial charge in [-0.1, -0.05) is 6.07 Å². The van der Waals surface area contributed by atoms with Gasteiger partial charge in [-0.2, -0.15) is 0 Å². The van der Waals surface area contributed by atoms with Gasteiger partial charge in [0.05, 0.1) is 0 Å². The molecule has 1 heterocycles. The molecular weight excluding hydrogens is 220 g/mol. The van der Waals surface area contributed by atoms with Crippen LogP contribution in [0.1, 0.15) is 30.3 Å². The van der Waals surface area contributed by atoms with E-state index in [9.17, 15) is 9.59 Å². The number of nitrogens with zero attached hydrogens (tertiary/aromatic N) is 1. The Balaban J connectivity index is 2.70. The van der Waals surface area contributed by atoms with Crippen molar-refractivity contribution in [3.8, 4) is 0 Å². The molecule has 1 unspecified atom stereocenters. The summed E-state index contributed by atoms with van der Waals surface area (Å²) in [4.78, 5) is 23.2. The lowest BCUT2D eigenvalue weighted by Gasteiger charge is -2.14. The van der Waals surface area contributed by atoms with Crippen LogP contribution in [0.3, 0.4) is 0 Å². The van der Waals surface area contributed by atoms with E-state index in [1.165, 1.54) is 10.6 Å².